The predicted molar refractivity (Wildman–Crippen MR) is 104 cm³/mol. The van der Waals surface area contributed by atoms with E-state index in [1.54, 1.807) is 7.11 Å². The van der Waals surface area contributed by atoms with E-state index in [2.05, 4.69) is 5.01 Å². The van der Waals surface area contributed by atoms with Crippen molar-refractivity contribution in [3.8, 4) is 0 Å². The molecule has 0 spiro atoms. The van der Waals surface area contributed by atoms with Crippen molar-refractivity contribution in [1.29, 1.82) is 0 Å². The van der Waals surface area contributed by atoms with Gasteiger partial charge in [0, 0.05) is 13.7 Å². The number of esters is 1. The largest absolute Gasteiger partial charge is 0.460 e. The minimum atomic E-state index is -0.706. The fourth-order valence-electron chi connectivity index (χ4n) is 3.50. The van der Waals surface area contributed by atoms with Crippen LogP contribution in [0.2, 0.25) is 0 Å². The molecule has 0 amide bonds. The van der Waals surface area contributed by atoms with Crippen LogP contribution in [0.25, 0.3) is 0 Å². The normalized spacial score (nSPS) is 28.4. The molecule has 0 aromatic carbocycles. The standard InChI is InChI=1S/C20H36N2O5/c1-14(11-17(23)26-19(2,3)4)18-16(13-25-20(5,6)27-18)21-22-10-8-9-15(22)12-24-7/h14-15,18H,8-13H2,1-7H3/b21-16+/t14-,15-,18-/m0/s1. The van der Waals surface area contributed by atoms with E-state index in [1.807, 2.05) is 41.5 Å². The summed E-state index contributed by atoms with van der Waals surface area (Å²) in [4.78, 5) is 12.3. The first-order valence-electron chi connectivity index (χ1n) is 9.87. The second-order valence-electron chi connectivity index (χ2n) is 9.00. The monoisotopic (exact) mass is 384 g/mol. The first kappa shape index (κ1) is 22.1. The number of hydrogen-bond donors (Lipinski definition) is 0. The summed E-state index contributed by atoms with van der Waals surface area (Å²) < 4.78 is 22.8. The van der Waals surface area contributed by atoms with Gasteiger partial charge in [0.05, 0.1) is 31.4 Å². The van der Waals surface area contributed by atoms with Crippen LogP contribution in [0.15, 0.2) is 5.10 Å². The molecule has 2 aliphatic heterocycles. The molecule has 156 valence electrons. The summed E-state index contributed by atoms with van der Waals surface area (Å²) in [5.41, 5.74) is 0.334. The number of rotatable bonds is 6. The summed E-state index contributed by atoms with van der Waals surface area (Å²) in [6.45, 7) is 13.4. The van der Waals surface area contributed by atoms with E-state index in [1.165, 1.54) is 0 Å². The quantitative estimate of drug-likeness (QED) is 0.656. The topological polar surface area (TPSA) is 69.6 Å². The molecule has 0 bridgehead atoms. The summed E-state index contributed by atoms with van der Waals surface area (Å²) >= 11 is 0. The van der Waals surface area contributed by atoms with Gasteiger partial charge in [0.25, 0.3) is 0 Å². The number of ether oxygens (including phenoxy) is 4. The van der Waals surface area contributed by atoms with Gasteiger partial charge in [0.2, 0.25) is 0 Å². The number of nitrogens with zero attached hydrogens (tertiary/aromatic N) is 2. The van der Waals surface area contributed by atoms with Crippen molar-refractivity contribution in [2.45, 2.75) is 84.3 Å². The number of carbonyl (C=O) groups is 1. The van der Waals surface area contributed by atoms with Crippen molar-refractivity contribution in [3.05, 3.63) is 0 Å². The highest BCUT2D eigenvalue weighted by molar-refractivity contribution is 5.91. The average molecular weight is 385 g/mol. The molecule has 2 rings (SSSR count). The van der Waals surface area contributed by atoms with Crippen molar-refractivity contribution in [3.63, 3.8) is 0 Å². The fraction of sp³-hybridized carbons (Fsp3) is 0.900. The summed E-state index contributed by atoms with van der Waals surface area (Å²) in [5, 5.41) is 6.93. The molecule has 2 aliphatic rings. The highest BCUT2D eigenvalue weighted by Crippen LogP contribution is 2.29. The fourth-order valence-corrected chi connectivity index (χ4v) is 3.50. The first-order valence-corrected chi connectivity index (χ1v) is 9.87. The molecule has 7 nitrogen and oxygen atoms in total. The lowest BCUT2D eigenvalue weighted by molar-refractivity contribution is -0.243. The van der Waals surface area contributed by atoms with Crippen LogP contribution in [-0.4, -0.2) is 67.1 Å². The Kier molecular flexibility index (Phi) is 7.27. The number of hydrogen-bond acceptors (Lipinski definition) is 7. The molecule has 3 atom stereocenters. The van der Waals surface area contributed by atoms with E-state index in [4.69, 9.17) is 24.0 Å². The zero-order chi connectivity index (χ0) is 20.2. The van der Waals surface area contributed by atoms with Crippen molar-refractivity contribution >= 4 is 11.7 Å². The minimum absolute atomic E-state index is 0.0646. The summed E-state index contributed by atoms with van der Waals surface area (Å²) in [5.74, 6) is -0.992. The summed E-state index contributed by atoms with van der Waals surface area (Å²) in [6, 6.07) is 0.277. The average Bonchev–Trinajstić information content (AvgIpc) is 2.94. The SMILES string of the molecule is COC[C@@H]1CCCN1/N=C1\COC(C)(C)O[C@H]1[C@@H](C)CC(=O)OC(C)(C)C. The lowest BCUT2D eigenvalue weighted by Gasteiger charge is -2.40. The molecule has 2 heterocycles. The van der Waals surface area contributed by atoms with Crippen LogP contribution < -0.4 is 0 Å². The Bertz CT molecular complexity index is 541. The molecular formula is C20H36N2O5. The number of hydrazone groups is 1. The van der Waals surface area contributed by atoms with Gasteiger partial charge in [-0.3, -0.25) is 9.80 Å². The Hall–Kier alpha value is -1.18. The molecule has 0 aromatic rings. The molecule has 0 aliphatic carbocycles. The smallest absolute Gasteiger partial charge is 0.306 e. The molecule has 0 N–H and O–H groups in total. The molecule has 0 unspecified atom stereocenters. The summed E-state index contributed by atoms with van der Waals surface area (Å²) in [7, 11) is 1.71. The van der Waals surface area contributed by atoms with Gasteiger partial charge in [-0.2, -0.15) is 5.10 Å². The van der Waals surface area contributed by atoms with Crippen LogP contribution in [-0.2, 0) is 23.7 Å². The van der Waals surface area contributed by atoms with Crippen molar-refractivity contribution < 1.29 is 23.7 Å². The molecular weight excluding hydrogens is 348 g/mol. The lowest BCUT2D eigenvalue weighted by Crippen LogP contribution is -2.50. The Morgan fingerprint density at radius 1 is 1.41 bits per heavy atom. The van der Waals surface area contributed by atoms with Crippen LogP contribution in [0.5, 0.6) is 0 Å². The Balaban J connectivity index is 2.12. The molecule has 0 saturated carbocycles. The van der Waals surface area contributed by atoms with Crippen LogP contribution in [0, 0.1) is 5.92 Å². The first-order chi connectivity index (χ1) is 12.5. The second kappa shape index (κ2) is 8.88. The van der Waals surface area contributed by atoms with Gasteiger partial charge < -0.3 is 18.9 Å². The number of methoxy groups -OCH3 is 1. The van der Waals surface area contributed by atoms with E-state index in [9.17, 15) is 4.79 Å². The van der Waals surface area contributed by atoms with Gasteiger partial charge in [0.15, 0.2) is 5.79 Å². The van der Waals surface area contributed by atoms with Gasteiger partial charge in [-0.05, 0) is 53.4 Å². The van der Waals surface area contributed by atoms with E-state index in [-0.39, 0.29) is 30.5 Å². The Morgan fingerprint density at radius 2 is 2.11 bits per heavy atom. The van der Waals surface area contributed by atoms with Crippen LogP contribution in [0.4, 0.5) is 0 Å². The Morgan fingerprint density at radius 3 is 2.74 bits per heavy atom. The highest BCUT2D eigenvalue weighted by atomic mass is 16.7. The maximum atomic E-state index is 12.3. The van der Waals surface area contributed by atoms with Crippen LogP contribution >= 0.6 is 0 Å². The van der Waals surface area contributed by atoms with Gasteiger partial charge in [0.1, 0.15) is 11.7 Å². The Labute approximate surface area is 163 Å². The van der Waals surface area contributed by atoms with Gasteiger partial charge in [-0.25, -0.2) is 0 Å². The van der Waals surface area contributed by atoms with E-state index < -0.39 is 11.4 Å². The number of carbonyl (C=O) groups excluding carboxylic acids is 1. The third-order valence-electron chi connectivity index (χ3n) is 4.69. The zero-order valence-corrected chi connectivity index (χ0v) is 17.9. The molecule has 0 aromatic heterocycles. The van der Waals surface area contributed by atoms with Gasteiger partial charge in [-0.1, -0.05) is 6.92 Å². The highest BCUT2D eigenvalue weighted by Gasteiger charge is 2.39. The summed E-state index contributed by atoms with van der Waals surface area (Å²) in [6.07, 6.45) is 2.15. The molecule has 7 heteroatoms. The zero-order valence-electron chi connectivity index (χ0n) is 17.9. The third-order valence-corrected chi connectivity index (χ3v) is 4.69. The maximum absolute atomic E-state index is 12.3. The molecule has 2 fully saturated rings. The van der Waals surface area contributed by atoms with E-state index in [0.717, 1.165) is 25.1 Å². The predicted octanol–water partition coefficient (Wildman–Crippen LogP) is 2.97. The third kappa shape index (κ3) is 6.73. The van der Waals surface area contributed by atoms with Crippen molar-refractivity contribution in [2.75, 3.05) is 26.9 Å². The maximum Gasteiger partial charge on any atom is 0.306 e. The van der Waals surface area contributed by atoms with E-state index >= 15 is 0 Å². The van der Waals surface area contributed by atoms with Crippen LogP contribution in [0.1, 0.15) is 60.8 Å². The van der Waals surface area contributed by atoms with Crippen LogP contribution in [0.3, 0.4) is 0 Å². The van der Waals surface area contributed by atoms with E-state index in [0.29, 0.717) is 13.2 Å². The minimum Gasteiger partial charge on any atom is -0.460 e. The molecule has 27 heavy (non-hydrogen) atoms. The molecule has 0 radical (unpaired) electrons. The van der Waals surface area contributed by atoms with Crippen molar-refractivity contribution in [1.82, 2.24) is 5.01 Å². The van der Waals surface area contributed by atoms with Crippen molar-refractivity contribution in [2.24, 2.45) is 11.0 Å². The van der Waals surface area contributed by atoms with Gasteiger partial charge in [-0.15, -0.1) is 0 Å². The lowest BCUT2D eigenvalue weighted by atomic mass is 9.95. The van der Waals surface area contributed by atoms with Gasteiger partial charge >= 0.3 is 5.97 Å². The molecule has 2 saturated heterocycles. The second-order valence-corrected chi connectivity index (χ2v) is 9.00.